The number of fused-ring (bicyclic) bond motifs is 3. The number of aryl methyl sites for hydroxylation is 5. The summed E-state index contributed by atoms with van der Waals surface area (Å²) in [5.74, 6) is 0. The Balaban J connectivity index is 1.97. The molecule has 0 radical (unpaired) electrons. The molecule has 0 bridgehead atoms. The van der Waals surface area contributed by atoms with Gasteiger partial charge < -0.3 is 4.42 Å². The van der Waals surface area contributed by atoms with Crippen molar-refractivity contribution in [2.24, 2.45) is 12.5 Å². The van der Waals surface area contributed by atoms with Gasteiger partial charge in [-0.25, -0.2) is 9.55 Å². The first-order valence-corrected chi connectivity index (χ1v) is 11.0. The fraction of sp³-hybridized carbons (Fsp3) is 0.333. The summed E-state index contributed by atoms with van der Waals surface area (Å²) >= 11 is 0. The summed E-state index contributed by atoms with van der Waals surface area (Å²) in [6.07, 6.45) is 2.40. The zero-order chi connectivity index (χ0) is 33.7. The zero-order valence-electron chi connectivity index (χ0n) is 30.9. The van der Waals surface area contributed by atoms with E-state index in [0.717, 1.165) is 17.7 Å². The molecule has 2 aromatic carbocycles. The molecule has 0 unspecified atom stereocenters. The van der Waals surface area contributed by atoms with Gasteiger partial charge in [0.1, 0.15) is 13.4 Å². The van der Waals surface area contributed by atoms with Crippen molar-refractivity contribution in [2.45, 2.75) is 54.6 Å². The molecule has 0 fully saturated rings. The molecule has 174 valence electrons. The van der Waals surface area contributed by atoms with Gasteiger partial charge in [0.05, 0.1) is 17.3 Å². The third-order valence-corrected chi connectivity index (χ3v) is 5.87. The Morgan fingerprint density at radius 3 is 2.44 bits per heavy atom. The molecule has 5 aromatic rings. The quantitative estimate of drug-likeness (QED) is 0.268. The fourth-order valence-electron chi connectivity index (χ4n) is 4.47. The lowest BCUT2D eigenvalue weighted by Crippen LogP contribution is -2.31. The van der Waals surface area contributed by atoms with Gasteiger partial charge in [-0.3, -0.25) is 4.40 Å². The van der Waals surface area contributed by atoms with E-state index in [1.807, 2.05) is 19.1 Å². The van der Waals surface area contributed by atoms with Gasteiger partial charge in [-0.2, -0.15) is 0 Å². The summed E-state index contributed by atoms with van der Waals surface area (Å²) in [5, 5.41) is 0. The maximum Gasteiger partial charge on any atom is 0.224 e. The smallest absolute Gasteiger partial charge is 0.224 e. The Bertz CT molecular complexity index is 1920. The van der Waals surface area contributed by atoms with Crippen molar-refractivity contribution in [1.82, 2.24) is 9.38 Å². The molecule has 0 aliphatic carbocycles. The third kappa shape index (κ3) is 3.71. The van der Waals surface area contributed by atoms with Crippen LogP contribution in [0.2, 0.25) is 0 Å². The van der Waals surface area contributed by atoms with Crippen LogP contribution in [0.1, 0.15) is 63.7 Å². The lowest BCUT2D eigenvalue weighted by Gasteiger charge is -2.21. The van der Waals surface area contributed by atoms with Crippen molar-refractivity contribution in [3.8, 4) is 22.4 Å². The molecular weight excluding hydrogens is 418 g/mol. The maximum atomic E-state index is 8.83. The van der Waals surface area contributed by atoms with Crippen LogP contribution in [0.25, 0.3) is 39.2 Å². The standard InChI is InChI=1S/C30H34N3O/c1-18-9-10-24-29(34-26-15-31-17-33(24)26)28(18)25-13-23(21(4)16-32(25)8)27-19(2)11-22(12-20(27)3)14-30(5,6)7/h9-13,15-17H,14H2,1-8H3/q+1/i2D3,3D3,4D3,14D2. The first-order chi connectivity index (χ1) is 20.4. The zero-order valence-corrected chi connectivity index (χ0v) is 19.9. The highest BCUT2D eigenvalue weighted by Gasteiger charge is 2.24. The van der Waals surface area contributed by atoms with Crippen LogP contribution >= 0.6 is 0 Å². The fourth-order valence-corrected chi connectivity index (χ4v) is 4.47. The predicted molar refractivity (Wildman–Crippen MR) is 139 cm³/mol. The van der Waals surface area contributed by atoms with Crippen LogP contribution in [0.15, 0.2) is 53.5 Å². The van der Waals surface area contributed by atoms with E-state index in [1.165, 1.54) is 12.3 Å². The SMILES string of the molecule is [2H]C([2H])([2H])c1c[n+](C)c(-c2c(C)ccc3c2oc2cncn23)cc1-c1c(C([2H])([2H])[2H])cc(C([2H])([2H])C(C)(C)C)cc1C([2H])([2H])[2H]. The molecule has 0 aliphatic heterocycles. The molecule has 0 spiro atoms. The molecule has 4 heteroatoms. The van der Waals surface area contributed by atoms with Gasteiger partial charge in [-0.15, -0.1) is 0 Å². The Morgan fingerprint density at radius 2 is 1.76 bits per heavy atom. The van der Waals surface area contributed by atoms with Crippen molar-refractivity contribution < 1.29 is 24.1 Å². The van der Waals surface area contributed by atoms with Gasteiger partial charge in [0.2, 0.25) is 11.4 Å². The number of imidazole rings is 1. The summed E-state index contributed by atoms with van der Waals surface area (Å²) in [7, 11) is 1.65. The molecule has 0 N–H and O–H groups in total. The van der Waals surface area contributed by atoms with Gasteiger partial charge in [0.25, 0.3) is 0 Å². The number of rotatable bonds is 3. The van der Waals surface area contributed by atoms with Gasteiger partial charge in [0.15, 0.2) is 11.8 Å². The highest BCUT2D eigenvalue weighted by Crippen LogP contribution is 2.37. The van der Waals surface area contributed by atoms with Crippen LogP contribution < -0.4 is 4.57 Å². The molecule has 0 saturated heterocycles. The van der Waals surface area contributed by atoms with Gasteiger partial charge >= 0.3 is 0 Å². The first kappa shape index (κ1) is 12.9. The van der Waals surface area contributed by atoms with Gasteiger partial charge in [-0.1, -0.05) is 39.0 Å². The van der Waals surface area contributed by atoms with Crippen LogP contribution in [-0.4, -0.2) is 9.38 Å². The van der Waals surface area contributed by atoms with E-state index in [9.17, 15) is 0 Å². The van der Waals surface area contributed by atoms with Crippen molar-refractivity contribution in [1.29, 1.82) is 0 Å². The first-order valence-electron chi connectivity index (χ1n) is 16.5. The Kier molecular flexibility index (Phi) is 2.97. The Hall–Kier alpha value is -3.40. The molecule has 34 heavy (non-hydrogen) atoms. The van der Waals surface area contributed by atoms with Crippen LogP contribution in [0.5, 0.6) is 0 Å². The van der Waals surface area contributed by atoms with Crippen LogP contribution in [0, 0.1) is 32.9 Å². The van der Waals surface area contributed by atoms with Crippen LogP contribution in [0.4, 0.5) is 0 Å². The van der Waals surface area contributed by atoms with E-state index in [-0.39, 0.29) is 22.3 Å². The Labute approximate surface area is 217 Å². The van der Waals surface area contributed by atoms with Gasteiger partial charge in [-0.05, 0) is 78.7 Å². The van der Waals surface area contributed by atoms with Crippen molar-refractivity contribution in [3.05, 3.63) is 76.9 Å². The van der Waals surface area contributed by atoms with Gasteiger partial charge in [0, 0.05) is 26.7 Å². The summed E-state index contributed by atoms with van der Waals surface area (Å²) in [5.41, 5.74) is 0.829. The molecule has 0 amide bonds. The summed E-state index contributed by atoms with van der Waals surface area (Å²) in [6.45, 7) is -1.85. The number of aromatic nitrogens is 3. The molecule has 5 rings (SSSR count). The topological polar surface area (TPSA) is 34.3 Å². The molecule has 0 atom stereocenters. The number of oxazole rings is 1. The molecule has 4 nitrogen and oxygen atoms in total. The van der Waals surface area contributed by atoms with Crippen molar-refractivity contribution >= 4 is 16.8 Å². The molecular formula is C30H34N3O+. The van der Waals surface area contributed by atoms with Crippen molar-refractivity contribution in [2.75, 3.05) is 0 Å². The second-order valence-corrected chi connectivity index (χ2v) is 9.73. The average molecular weight is 464 g/mol. The molecule has 3 heterocycles. The molecule has 0 aliphatic rings. The van der Waals surface area contributed by atoms with Crippen LogP contribution in [-0.2, 0) is 13.4 Å². The van der Waals surface area contributed by atoms with E-state index in [2.05, 4.69) is 4.98 Å². The predicted octanol–water partition coefficient (Wildman–Crippen LogP) is 7.06. The molecule has 3 aromatic heterocycles. The summed E-state index contributed by atoms with van der Waals surface area (Å²) < 4.78 is 103. The highest BCUT2D eigenvalue weighted by atomic mass is 16.3. The summed E-state index contributed by atoms with van der Waals surface area (Å²) in [4.78, 5) is 4.12. The number of nitrogens with zero attached hydrogens (tertiary/aromatic N) is 3. The largest absolute Gasteiger partial charge is 0.436 e. The average Bonchev–Trinajstić information content (AvgIpc) is 3.47. The van der Waals surface area contributed by atoms with E-state index in [0.29, 0.717) is 28.1 Å². The van der Waals surface area contributed by atoms with E-state index in [1.54, 1.807) is 49.3 Å². The minimum Gasteiger partial charge on any atom is -0.436 e. The number of hydrogen-bond acceptors (Lipinski definition) is 2. The second kappa shape index (κ2) is 7.83. The molecule has 0 saturated carbocycles. The Morgan fingerprint density at radius 1 is 1.03 bits per heavy atom. The second-order valence-electron chi connectivity index (χ2n) is 9.73. The van der Waals surface area contributed by atoms with E-state index >= 15 is 0 Å². The van der Waals surface area contributed by atoms with E-state index < -0.39 is 43.5 Å². The monoisotopic (exact) mass is 463 g/mol. The number of benzene rings is 2. The maximum absolute atomic E-state index is 8.83. The van der Waals surface area contributed by atoms with E-state index in [4.69, 9.17) is 19.5 Å². The third-order valence-electron chi connectivity index (χ3n) is 5.87. The lowest BCUT2D eigenvalue weighted by atomic mass is 9.84. The normalized spacial score (nSPS) is 18.6. The minimum atomic E-state index is -2.92. The van der Waals surface area contributed by atoms with Crippen molar-refractivity contribution in [3.63, 3.8) is 0 Å². The lowest BCUT2D eigenvalue weighted by molar-refractivity contribution is -0.660. The number of pyridine rings is 1. The minimum absolute atomic E-state index is 0.0977. The van der Waals surface area contributed by atoms with Crippen LogP contribution in [0.3, 0.4) is 0 Å². The highest BCUT2D eigenvalue weighted by molar-refractivity contribution is 5.93. The summed E-state index contributed by atoms with van der Waals surface area (Å²) in [6, 6.07) is 7.55. The number of hydrogen-bond donors (Lipinski definition) is 0.